The molecule has 17 heavy (non-hydrogen) atoms. The molecule has 0 aromatic rings. The molecule has 1 N–H and O–H groups in total. The minimum absolute atomic E-state index is 0.311. The summed E-state index contributed by atoms with van der Waals surface area (Å²) in [5, 5.41) is 4.81. The number of amidine groups is 1. The predicted octanol–water partition coefficient (Wildman–Crippen LogP) is 2.33. The van der Waals surface area contributed by atoms with Crippen LogP contribution in [0.1, 0.15) is 39.5 Å². The van der Waals surface area contributed by atoms with Crippen LogP contribution in [0.15, 0.2) is 4.99 Å². The molecule has 2 saturated heterocycles. The minimum Gasteiger partial charge on any atom is -0.359 e. The largest absolute Gasteiger partial charge is 0.359 e. The molecule has 3 nitrogen and oxygen atoms in total. The van der Waals surface area contributed by atoms with Gasteiger partial charge in [0.1, 0.15) is 0 Å². The first kappa shape index (κ1) is 13.2. The summed E-state index contributed by atoms with van der Waals surface area (Å²) < 4.78 is 0. The Morgan fingerprint density at radius 1 is 1.47 bits per heavy atom. The molecule has 2 fully saturated rings. The van der Waals surface area contributed by atoms with Crippen molar-refractivity contribution in [1.29, 1.82) is 0 Å². The van der Waals surface area contributed by atoms with Crippen molar-refractivity contribution >= 4 is 16.9 Å². The Morgan fingerprint density at radius 3 is 2.76 bits per heavy atom. The van der Waals surface area contributed by atoms with Gasteiger partial charge in [-0.05, 0) is 39.3 Å². The lowest BCUT2D eigenvalue weighted by atomic mass is 9.96. The minimum atomic E-state index is 0.311. The maximum Gasteiger partial charge on any atom is 0.157 e. The van der Waals surface area contributed by atoms with Gasteiger partial charge >= 0.3 is 0 Å². The highest BCUT2D eigenvalue weighted by atomic mass is 32.2. The molecule has 2 aliphatic rings. The van der Waals surface area contributed by atoms with E-state index in [9.17, 15) is 0 Å². The fraction of sp³-hybridized carbons (Fsp3) is 0.923. The van der Waals surface area contributed by atoms with Crippen molar-refractivity contribution in [2.75, 3.05) is 25.9 Å². The second kappa shape index (κ2) is 5.61. The number of aliphatic imine (C=N–C) groups is 1. The Bertz CT molecular complexity index is 286. The molecule has 1 atom stereocenters. The Morgan fingerprint density at radius 2 is 2.24 bits per heavy atom. The van der Waals surface area contributed by atoms with E-state index in [2.05, 4.69) is 31.1 Å². The van der Waals surface area contributed by atoms with Gasteiger partial charge in [0.25, 0.3) is 0 Å². The van der Waals surface area contributed by atoms with Crippen LogP contribution in [0.4, 0.5) is 0 Å². The van der Waals surface area contributed by atoms with Gasteiger partial charge in [0.15, 0.2) is 5.17 Å². The molecule has 0 radical (unpaired) electrons. The second-order valence-corrected chi connectivity index (χ2v) is 6.29. The molecule has 2 aliphatic heterocycles. The van der Waals surface area contributed by atoms with Crippen molar-refractivity contribution in [3.05, 3.63) is 0 Å². The van der Waals surface area contributed by atoms with E-state index in [1.54, 1.807) is 0 Å². The van der Waals surface area contributed by atoms with E-state index in [0.717, 1.165) is 6.54 Å². The lowest BCUT2D eigenvalue weighted by molar-refractivity contribution is 0.317. The molecule has 0 spiro atoms. The predicted molar refractivity (Wildman–Crippen MR) is 76.9 cm³/mol. The summed E-state index contributed by atoms with van der Waals surface area (Å²) in [6.45, 7) is 6.74. The van der Waals surface area contributed by atoms with Gasteiger partial charge in [0.2, 0.25) is 0 Å². The summed E-state index contributed by atoms with van der Waals surface area (Å²) in [6.07, 6.45) is 5.03. The highest BCUT2D eigenvalue weighted by molar-refractivity contribution is 8.14. The molecule has 0 aromatic heterocycles. The number of nitrogens with one attached hydrogen (secondary N) is 1. The normalized spacial score (nSPS) is 31.0. The van der Waals surface area contributed by atoms with E-state index in [1.807, 2.05) is 11.8 Å². The van der Waals surface area contributed by atoms with Gasteiger partial charge in [-0.3, -0.25) is 4.99 Å². The molecule has 0 aliphatic carbocycles. The second-order valence-electron chi connectivity index (χ2n) is 5.32. The van der Waals surface area contributed by atoms with Gasteiger partial charge in [0, 0.05) is 17.3 Å². The standard InChI is InChI=1S/C13H25N3S/c1-4-13(5-2)10-17-12(15-13)14-9-11-7-6-8-16(11)3/h11H,4-10H2,1-3H3,(H,14,15). The average molecular weight is 255 g/mol. The topological polar surface area (TPSA) is 27.6 Å². The van der Waals surface area contributed by atoms with Crippen molar-refractivity contribution < 1.29 is 0 Å². The summed E-state index contributed by atoms with van der Waals surface area (Å²) in [5.41, 5.74) is 0.311. The number of hydrogen-bond donors (Lipinski definition) is 1. The zero-order chi connectivity index (χ0) is 12.3. The summed E-state index contributed by atoms with van der Waals surface area (Å²) in [5.74, 6) is 1.18. The van der Waals surface area contributed by atoms with Crippen molar-refractivity contribution in [2.45, 2.75) is 51.1 Å². The number of hydrogen-bond acceptors (Lipinski definition) is 3. The molecule has 98 valence electrons. The van der Waals surface area contributed by atoms with Crippen LogP contribution in [0.5, 0.6) is 0 Å². The van der Waals surface area contributed by atoms with Crippen LogP contribution in [-0.2, 0) is 0 Å². The summed E-state index contributed by atoms with van der Waals surface area (Å²) in [6, 6.07) is 0.670. The molecule has 1 unspecified atom stereocenters. The van der Waals surface area contributed by atoms with E-state index in [4.69, 9.17) is 4.99 Å². The third-order valence-corrected chi connectivity index (χ3v) is 5.53. The Balaban J connectivity index is 1.87. The Labute approximate surface area is 109 Å². The van der Waals surface area contributed by atoms with E-state index >= 15 is 0 Å². The number of rotatable bonds is 4. The van der Waals surface area contributed by atoms with E-state index < -0.39 is 0 Å². The van der Waals surface area contributed by atoms with Crippen molar-refractivity contribution in [3.8, 4) is 0 Å². The van der Waals surface area contributed by atoms with Gasteiger partial charge < -0.3 is 10.2 Å². The van der Waals surface area contributed by atoms with Crippen LogP contribution in [0.2, 0.25) is 0 Å². The van der Waals surface area contributed by atoms with Gasteiger partial charge in [0.05, 0.1) is 6.54 Å². The number of nitrogens with zero attached hydrogens (tertiary/aromatic N) is 2. The molecule has 0 aromatic carbocycles. The SMILES string of the molecule is CCC1(CC)CSC(=NCC2CCCN2C)N1. The maximum atomic E-state index is 4.77. The first-order valence-corrected chi connectivity index (χ1v) is 7.83. The summed E-state index contributed by atoms with van der Waals surface area (Å²) in [7, 11) is 2.22. The molecular formula is C13H25N3S. The zero-order valence-corrected chi connectivity index (χ0v) is 12.1. The monoisotopic (exact) mass is 255 g/mol. The highest BCUT2D eigenvalue weighted by Gasteiger charge is 2.33. The van der Waals surface area contributed by atoms with Gasteiger partial charge in [-0.25, -0.2) is 0 Å². The van der Waals surface area contributed by atoms with Crippen molar-refractivity contribution in [2.24, 2.45) is 4.99 Å². The van der Waals surface area contributed by atoms with Gasteiger partial charge in [-0.2, -0.15) is 0 Å². The van der Waals surface area contributed by atoms with Crippen molar-refractivity contribution in [3.63, 3.8) is 0 Å². The number of thioether (sulfide) groups is 1. The van der Waals surface area contributed by atoms with E-state index in [-0.39, 0.29) is 0 Å². The zero-order valence-electron chi connectivity index (χ0n) is 11.3. The highest BCUT2D eigenvalue weighted by Crippen LogP contribution is 2.29. The van der Waals surface area contributed by atoms with Gasteiger partial charge in [-0.1, -0.05) is 25.6 Å². The molecule has 0 saturated carbocycles. The van der Waals surface area contributed by atoms with Gasteiger partial charge in [-0.15, -0.1) is 0 Å². The third kappa shape index (κ3) is 2.97. The Hall–Kier alpha value is -0.220. The number of likely N-dealkylation sites (N-methyl/N-ethyl adjacent to an activating group) is 1. The van der Waals surface area contributed by atoms with Crippen molar-refractivity contribution in [1.82, 2.24) is 10.2 Å². The fourth-order valence-corrected chi connectivity index (χ4v) is 3.97. The van der Waals surface area contributed by atoms with Crippen LogP contribution < -0.4 is 5.32 Å². The Kier molecular flexibility index (Phi) is 4.36. The van der Waals surface area contributed by atoms with Crippen LogP contribution in [-0.4, -0.2) is 47.5 Å². The first-order valence-electron chi connectivity index (χ1n) is 6.85. The lowest BCUT2D eigenvalue weighted by Crippen LogP contribution is -2.42. The maximum absolute atomic E-state index is 4.77. The van der Waals surface area contributed by atoms with E-state index in [1.165, 1.54) is 43.1 Å². The van der Waals surface area contributed by atoms with E-state index in [0.29, 0.717) is 11.6 Å². The molecule has 4 heteroatoms. The summed E-state index contributed by atoms with van der Waals surface area (Å²) in [4.78, 5) is 7.21. The quantitative estimate of drug-likeness (QED) is 0.835. The lowest BCUT2D eigenvalue weighted by Gasteiger charge is -2.25. The number of likely N-dealkylation sites (tertiary alicyclic amines) is 1. The first-order chi connectivity index (χ1) is 8.19. The molecule has 0 bridgehead atoms. The average Bonchev–Trinajstić information content (AvgIpc) is 2.94. The summed E-state index contributed by atoms with van der Waals surface area (Å²) >= 11 is 1.90. The third-order valence-electron chi connectivity index (χ3n) is 4.33. The smallest absolute Gasteiger partial charge is 0.157 e. The molecule has 2 heterocycles. The fourth-order valence-electron chi connectivity index (χ4n) is 2.62. The molecule has 2 rings (SSSR count). The van der Waals surface area contributed by atoms with Crippen LogP contribution >= 0.6 is 11.8 Å². The molecular weight excluding hydrogens is 230 g/mol. The molecule has 0 amide bonds. The van der Waals surface area contributed by atoms with Crippen LogP contribution in [0.3, 0.4) is 0 Å². The van der Waals surface area contributed by atoms with Crippen LogP contribution in [0, 0.1) is 0 Å². The van der Waals surface area contributed by atoms with Crippen LogP contribution in [0.25, 0.3) is 0 Å².